The molecule has 3 rings (SSSR count). The minimum absolute atomic E-state index is 0.0642. The maximum absolute atomic E-state index is 11.4. The van der Waals surface area contributed by atoms with Crippen molar-refractivity contribution in [2.45, 2.75) is 30.6 Å². The lowest BCUT2D eigenvalue weighted by molar-refractivity contribution is -0.122. The fraction of sp³-hybridized carbons (Fsp3) is 0.529. The van der Waals surface area contributed by atoms with Crippen molar-refractivity contribution in [3.63, 3.8) is 0 Å². The van der Waals surface area contributed by atoms with Crippen LogP contribution in [-0.4, -0.2) is 96.5 Å². The van der Waals surface area contributed by atoms with E-state index < -0.39 is 49.7 Å². The number of rotatable bonds is 7. The Morgan fingerprint density at radius 3 is 2.77 bits per heavy atom. The number of fused-ring (bicyclic) bond motifs is 1. The van der Waals surface area contributed by atoms with Crippen LogP contribution in [0.15, 0.2) is 6.33 Å². The van der Waals surface area contributed by atoms with Gasteiger partial charge in [0.05, 0.1) is 32.6 Å². The molecular weight excluding hydrogens is 430 g/mol. The molecule has 13 nitrogen and oxygen atoms in total. The molecule has 1 amide bonds. The second-order valence-corrected chi connectivity index (χ2v) is 7.07. The van der Waals surface area contributed by atoms with Crippen LogP contribution in [0.4, 0.5) is 5.95 Å². The smallest absolute Gasteiger partial charge is 0.240 e. The molecule has 0 bridgehead atoms. The number of H-pyrrole nitrogens is 1. The quantitative estimate of drug-likeness (QED) is 0.156. The van der Waals surface area contributed by atoms with Crippen LogP contribution in [0.1, 0.15) is 6.23 Å². The third kappa shape index (κ3) is 4.99. The normalized spacial score (nSPS) is 23.9. The lowest BCUT2D eigenvalue weighted by atomic mass is 10.1. The number of hydrogen-bond acceptors (Lipinski definition) is 11. The van der Waals surface area contributed by atoms with Crippen LogP contribution in [0.5, 0.6) is 0 Å². The van der Waals surface area contributed by atoms with E-state index in [1.807, 2.05) is 0 Å². The van der Waals surface area contributed by atoms with Crippen molar-refractivity contribution in [1.82, 2.24) is 24.8 Å². The Kier molecular flexibility index (Phi) is 7.51. The van der Waals surface area contributed by atoms with Crippen molar-refractivity contribution in [2.24, 2.45) is 5.73 Å². The Morgan fingerprint density at radius 2 is 2.10 bits per heavy atom. The molecule has 0 saturated carbocycles. The first-order chi connectivity index (χ1) is 14.9. The minimum Gasteiger partial charge on any atom is -0.394 e. The van der Waals surface area contributed by atoms with E-state index in [9.17, 15) is 20.1 Å². The second-order valence-electron chi connectivity index (χ2n) is 6.68. The number of anilines is 1. The number of imidazole rings is 1. The highest BCUT2D eigenvalue weighted by Crippen LogP contribution is 2.31. The predicted octanol–water partition coefficient (Wildman–Crippen LogP) is -3.05. The molecule has 14 heteroatoms. The molecule has 31 heavy (non-hydrogen) atoms. The van der Waals surface area contributed by atoms with Gasteiger partial charge in [-0.1, -0.05) is 24.1 Å². The molecule has 1 saturated heterocycles. The monoisotopic (exact) mass is 453 g/mol. The van der Waals surface area contributed by atoms with Crippen molar-refractivity contribution in [3.8, 4) is 11.8 Å². The zero-order chi connectivity index (χ0) is 22.5. The van der Waals surface area contributed by atoms with Crippen LogP contribution in [0.25, 0.3) is 11.2 Å². The SMILES string of the molecule is NC(CO)C(=O)NCC#CCNc1nc(=S)c2ncn([C@@H]3O[C@H](CO)[C@H](O)C3O)c2[nH]1. The molecule has 1 fully saturated rings. The van der Waals surface area contributed by atoms with Gasteiger partial charge in [-0.05, 0) is 0 Å². The molecule has 3 heterocycles. The number of aromatic amines is 1. The van der Waals surface area contributed by atoms with Gasteiger partial charge in [-0.25, -0.2) is 9.97 Å². The molecule has 168 valence electrons. The van der Waals surface area contributed by atoms with Crippen molar-refractivity contribution >= 4 is 35.2 Å². The molecule has 9 N–H and O–H groups in total. The maximum atomic E-state index is 11.4. The molecule has 1 aliphatic heterocycles. The van der Waals surface area contributed by atoms with Crippen molar-refractivity contribution < 1.29 is 30.0 Å². The molecule has 0 aromatic carbocycles. The van der Waals surface area contributed by atoms with E-state index in [0.717, 1.165) is 0 Å². The topological polar surface area (TPSA) is 204 Å². The molecule has 0 spiro atoms. The molecular formula is C17H23N7O6S. The van der Waals surface area contributed by atoms with E-state index in [4.69, 9.17) is 27.8 Å². The number of hydrogen-bond donors (Lipinski definition) is 8. The first kappa shape index (κ1) is 23.0. The Morgan fingerprint density at radius 1 is 1.35 bits per heavy atom. The van der Waals surface area contributed by atoms with Crippen molar-refractivity contribution in [2.75, 3.05) is 31.6 Å². The van der Waals surface area contributed by atoms with Crippen LogP contribution in [-0.2, 0) is 9.53 Å². The Bertz CT molecular complexity index is 1050. The summed E-state index contributed by atoms with van der Waals surface area (Å²) in [5, 5.41) is 43.7. The largest absolute Gasteiger partial charge is 0.394 e. The number of nitrogens with one attached hydrogen (secondary N) is 3. The highest BCUT2D eigenvalue weighted by atomic mass is 32.1. The van der Waals surface area contributed by atoms with Gasteiger partial charge in [0, 0.05) is 0 Å². The van der Waals surface area contributed by atoms with E-state index in [1.165, 1.54) is 10.9 Å². The number of aromatic nitrogens is 4. The summed E-state index contributed by atoms with van der Waals surface area (Å²) in [5.74, 6) is 5.28. The maximum Gasteiger partial charge on any atom is 0.240 e. The van der Waals surface area contributed by atoms with Crippen LogP contribution < -0.4 is 16.4 Å². The zero-order valence-corrected chi connectivity index (χ0v) is 17.0. The predicted molar refractivity (Wildman–Crippen MR) is 110 cm³/mol. The summed E-state index contributed by atoms with van der Waals surface area (Å²) in [7, 11) is 0. The van der Waals surface area contributed by atoms with E-state index in [2.05, 4.69) is 37.4 Å². The highest BCUT2D eigenvalue weighted by Gasteiger charge is 2.43. The van der Waals surface area contributed by atoms with Crippen molar-refractivity contribution in [3.05, 3.63) is 11.0 Å². The fourth-order valence-electron chi connectivity index (χ4n) is 2.92. The van der Waals surface area contributed by atoms with Gasteiger partial charge in [-0.15, -0.1) is 0 Å². The summed E-state index contributed by atoms with van der Waals surface area (Å²) in [6.45, 7) is -0.660. The summed E-state index contributed by atoms with van der Waals surface area (Å²) in [5.41, 5.74) is 6.14. The van der Waals surface area contributed by atoms with Gasteiger partial charge in [0.2, 0.25) is 11.9 Å². The molecule has 2 aromatic heterocycles. The summed E-state index contributed by atoms with van der Waals surface area (Å²) < 4.78 is 7.19. The standard InChI is InChI=1S/C17H23N7O6S/c18-8(5-25)14(29)19-3-1-2-4-20-17-22-13-10(15(31)23-17)21-7-24(13)16-12(28)11(27)9(6-26)30-16/h7-9,11-12,16,25-28H,3-6,18H2,(H,19,29)(H2,20,22,23,31)/t8?,9-,11+,12?,16-/m1/s1. The van der Waals surface area contributed by atoms with Crippen LogP contribution in [0, 0.1) is 16.5 Å². The Labute approximate surface area is 181 Å². The summed E-state index contributed by atoms with van der Waals surface area (Å²) >= 11 is 5.26. The number of ether oxygens (including phenoxy) is 1. The summed E-state index contributed by atoms with van der Waals surface area (Å²) in [4.78, 5) is 22.8. The second kappa shape index (κ2) is 10.1. The molecule has 2 unspecified atom stereocenters. The van der Waals surface area contributed by atoms with Gasteiger partial charge in [0.15, 0.2) is 10.9 Å². The first-order valence-corrected chi connectivity index (χ1v) is 9.71. The fourth-order valence-corrected chi connectivity index (χ4v) is 3.16. The molecule has 2 aromatic rings. The average molecular weight is 453 g/mol. The van der Waals surface area contributed by atoms with E-state index in [1.54, 1.807) is 0 Å². The lowest BCUT2D eigenvalue weighted by Crippen LogP contribution is -2.43. The van der Waals surface area contributed by atoms with Crippen LogP contribution in [0.3, 0.4) is 0 Å². The third-order valence-electron chi connectivity index (χ3n) is 4.59. The number of aliphatic hydroxyl groups excluding tert-OH is 4. The number of carbonyl (C=O) groups excluding carboxylic acids is 1. The van der Waals surface area contributed by atoms with Gasteiger partial charge in [-0.2, -0.15) is 0 Å². The van der Waals surface area contributed by atoms with Crippen LogP contribution >= 0.6 is 12.2 Å². The molecule has 1 aliphatic rings. The van der Waals surface area contributed by atoms with Gasteiger partial charge in [0.1, 0.15) is 35.5 Å². The Hall–Kier alpha value is -2.64. The van der Waals surface area contributed by atoms with Crippen LogP contribution in [0.2, 0.25) is 0 Å². The highest BCUT2D eigenvalue weighted by molar-refractivity contribution is 7.71. The van der Waals surface area contributed by atoms with E-state index in [-0.39, 0.29) is 23.7 Å². The van der Waals surface area contributed by atoms with Gasteiger partial charge >= 0.3 is 0 Å². The van der Waals surface area contributed by atoms with Crippen molar-refractivity contribution in [1.29, 1.82) is 0 Å². The number of amides is 1. The number of carbonyl (C=O) groups is 1. The van der Waals surface area contributed by atoms with Gasteiger partial charge in [-0.3, -0.25) is 9.36 Å². The minimum atomic E-state index is -1.28. The molecule has 5 atom stereocenters. The summed E-state index contributed by atoms with van der Waals surface area (Å²) in [6.07, 6.45) is -3.05. The number of nitrogens with two attached hydrogens (primary N) is 1. The van der Waals surface area contributed by atoms with Gasteiger partial charge < -0.3 is 46.5 Å². The number of aliphatic hydroxyl groups is 4. The average Bonchev–Trinajstić information content (AvgIpc) is 3.31. The first-order valence-electron chi connectivity index (χ1n) is 9.30. The zero-order valence-electron chi connectivity index (χ0n) is 16.2. The molecule has 0 radical (unpaired) electrons. The number of nitrogens with zero attached hydrogens (tertiary/aromatic N) is 3. The molecule has 0 aliphatic carbocycles. The van der Waals surface area contributed by atoms with Gasteiger partial charge in [0.25, 0.3) is 0 Å². The van der Waals surface area contributed by atoms with E-state index in [0.29, 0.717) is 11.2 Å². The van der Waals surface area contributed by atoms with E-state index >= 15 is 0 Å². The lowest BCUT2D eigenvalue weighted by Gasteiger charge is -2.17. The Balaban J connectivity index is 1.69. The summed E-state index contributed by atoms with van der Waals surface area (Å²) in [6, 6.07) is -0.989. The third-order valence-corrected chi connectivity index (χ3v) is 4.88.